The molecule has 7 nitrogen and oxygen atoms in total. The van der Waals surface area contributed by atoms with E-state index < -0.39 is 6.10 Å². The summed E-state index contributed by atoms with van der Waals surface area (Å²) in [6.07, 6.45) is 5.07. The summed E-state index contributed by atoms with van der Waals surface area (Å²) in [4.78, 5) is 6.27. The van der Waals surface area contributed by atoms with Crippen LogP contribution in [0.5, 0.6) is 5.75 Å². The van der Waals surface area contributed by atoms with E-state index in [0.29, 0.717) is 23.8 Å². The molecule has 0 unspecified atom stereocenters. The zero-order valence-electron chi connectivity index (χ0n) is 14.2. The van der Waals surface area contributed by atoms with E-state index in [-0.39, 0.29) is 6.61 Å². The van der Waals surface area contributed by atoms with Gasteiger partial charge in [0.05, 0.1) is 11.6 Å². The Bertz CT molecular complexity index is 680. The minimum atomic E-state index is -0.541. The van der Waals surface area contributed by atoms with E-state index in [9.17, 15) is 5.11 Å². The van der Waals surface area contributed by atoms with E-state index in [4.69, 9.17) is 10.00 Å². The highest BCUT2D eigenvalue weighted by Crippen LogP contribution is 2.18. The van der Waals surface area contributed by atoms with E-state index in [1.807, 2.05) is 4.68 Å². The van der Waals surface area contributed by atoms with Gasteiger partial charge in [-0.15, -0.1) is 0 Å². The van der Waals surface area contributed by atoms with E-state index in [1.54, 1.807) is 36.9 Å². The summed E-state index contributed by atoms with van der Waals surface area (Å²) < 4.78 is 7.49. The van der Waals surface area contributed by atoms with Crippen molar-refractivity contribution >= 4 is 0 Å². The van der Waals surface area contributed by atoms with Gasteiger partial charge >= 0.3 is 0 Å². The zero-order valence-corrected chi connectivity index (χ0v) is 14.2. The number of rotatable bonds is 7. The summed E-state index contributed by atoms with van der Waals surface area (Å²) in [5.74, 6) is 1.20. The van der Waals surface area contributed by atoms with E-state index in [2.05, 4.69) is 21.1 Å². The molecular weight excluding hydrogens is 318 g/mol. The van der Waals surface area contributed by atoms with Crippen LogP contribution >= 0.6 is 0 Å². The first-order valence-corrected chi connectivity index (χ1v) is 8.58. The second kappa shape index (κ2) is 8.60. The molecule has 1 saturated heterocycles. The van der Waals surface area contributed by atoms with Crippen molar-refractivity contribution in [3.63, 3.8) is 0 Å². The fourth-order valence-corrected chi connectivity index (χ4v) is 3.23. The average Bonchev–Trinajstić information content (AvgIpc) is 3.14. The number of nitriles is 1. The number of aliphatic hydroxyl groups is 1. The van der Waals surface area contributed by atoms with Crippen LogP contribution in [-0.4, -0.2) is 57.1 Å². The number of piperidine rings is 1. The smallest absolute Gasteiger partial charge is 0.137 e. The summed E-state index contributed by atoms with van der Waals surface area (Å²) in [5, 5.41) is 23.2. The summed E-state index contributed by atoms with van der Waals surface area (Å²) in [6, 6.07) is 8.99. The molecule has 25 heavy (non-hydrogen) atoms. The normalized spacial score (nSPS) is 19.3. The van der Waals surface area contributed by atoms with Crippen molar-refractivity contribution in [1.29, 1.82) is 5.26 Å². The Balaban J connectivity index is 1.42. The SMILES string of the molecule is N#Cc1ccc(OC[C@@H](O)CN2CCC[C@@H](Cn3cncn3)C2)cc1. The predicted octanol–water partition coefficient (Wildman–Crippen LogP) is 1.30. The Morgan fingerprint density at radius 3 is 2.92 bits per heavy atom. The predicted molar refractivity (Wildman–Crippen MR) is 91.8 cm³/mol. The summed E-state index contributed by atoms with van der Waals surface area (Å²) >= 11 is 0. The molecule has 0 radical (unpaired) electrons. The van der Waals surface area contributed by atoms with Crippen LogP contribution in [0.15, 0.2) is 36.9 Å². The zero-order chi connectivity index (χ0) is 17.5. The molecule has 1 fully saturated rings. The van der Waals surface area contributed by atoms with Crippen molar-refractivity contribution in [2.75, 3.05) is 26.2 Å². The Morgan fingerprint density at radius 1 is 1.36 bits per heavy atom. The third-order valence-corrected chi connectivity index (χ3v) is 4.41. The second-order valence-electron chi connectivity index (χ2n) is 6.49. The highest BCUT2D eigenvalue weighted by molar-refractivity contribution is 5.34. The highest BCUT2D eigenvalue weighted by Gasteiger charge is 2.22. The lowest BCUT2D eigenvalue weighted by atomic mass is 9.98. The van der Waals surface area contributed by atoms with Crippen LogP contribution in [-0.2, 0) is 6.54 Å². The maximum Gasteiger partial charge on any atom is 0.137 e. The third kappa shape index (κ3) is 5.28. The Kier molecular flexibility index (Phi) is 5.99. The standard InChI is InChI=1S/C18H23N5O2/c19-8-15-3-5-18(6-4-15)25-12-17(24)11-22-7-1-2-16(9-22)10-23-14-20-13-21-23/h3-6,13-14,16-17,24H,1-2,7,9-12H2/t16-,17+/m1/s1. The van der Waals surface area contributed by atoms with Gasteiger partial charge < -0.3 is 14.7 Å². The van der Waals surface area contributed by atoms with Gasteiger partial charge in [0.25, 0.3) is 0 Å². The van der Waals surface area contributed by atoms with Crippen LogP contribution in [0.1, 0.15) is 18.4 Å². The number of β-amino-alcohol motifs (C(OH)–C–C–N with tert-alkyl or cyclic N) is 1. The Morgan fingerprint density at radius 2 is 2.20 bits per heavy atom. The maximum atomic E-state index is 10.3. The Labute approximate surface area is 147 Å². The van der Waals surface area contributed by atoms with Gasteiger partial charge in [-0.1, -0.05) is 0 Å². The minimum absolute atomic E-state index is 0.246. The number of hydrogen-bond acceptors (Lipinski definition) is 6. The molecule has 3 rings (SSSR count). The lowest BCUT2D eigenvalue weighted by molar-refractivity contribution is 0.0495. The summed E-state index contributed by atoms with van der Waals surface area (Å²) in [6.45, 7) is 3.67. The molecule has 1 aromatic carbocycles. The quantitative estimate of drug-likeness (QED) is 0.817. The van der Waals surface area contributed by atoms with Gasteiger partial charge in [-0.25, -0.2) is 4.98 Å². The molecule has 2 aromatic rings. The molecule has 132 valence electrons. The molecule has 0 aliphatic carbocycles. The largest absolute Gasteiger partial charge is 0.491 e. The molecular formula is C18H23N5O2. The van der Waals surface area contributed by atoms with Gasteiger partial charge in [-0.05, 0) is 49.6 Å². The maximum absolute atomic E-state index is 10.3. The molecule has 0 amide bonds. The van der Waals surface area contributed by atoms with Crippen LogP contribution in [0.3, 0.4) is 0 Å². The van der Waals surface area contributed by atoms with E-state index in [1.165, 1.54) is 6.42 Å². The van der Waals surface area contributed by atoms with Crippen LogP contribution in [0.25, 0.3) is 0 Å². The lowest BCUT2D eigenvalue weighted by Crippen LogP contribution is -2.42. The molecule has 0 bridgehead atoms. The fourth-order valence-electron chi connectivity index (χ4n) is 3.23. The first-order chi connectivity index (χ1) is 12.2. The number of likely N-dealkylation sites (tertiary alicyclic amines) is 1. The second-order valence-corrected chi connectivity index (χ2v) is 6.49. The van der Waals surface area contributed by atoms with Crippen molar-refractivity contribution in [3.05, 3.63) is 42.5 Å². The van der Waals surface area contributed by atoms with E-state index >= 15 is 0 Å². The molecule has 2 heterocycles. The topological polar surface area (TPSA) is 87.2 Å². The molecule has 1 aliphatic heterocycles. The van der Waals surface area contributed by atoms with Crippen LogP contribution in [0.2, 0.25) is 0 Å². The first kappa shape index (κ1) is 17.4. The molecule has 1 N–H and O–H groups in total. The highest BCUT2D eigenvalue weighted by atomic mass is 16.5. The summed E-state index contributed by atoms with van der Waals surface area (Å²) in [5.41, 5.74) is 0.597. The van der Waals surface area contributed by atoms with Crippen LogP contribution in [0.4, 0.5) is 0 Å². The van der Waals surface area contributed by atoms with Gasteiger partial charge in [0, 0.05) is 19.6 Å². The summed E-state index contributed by atoms with van der Waals surface area (Å²) in [7, 11) is 0. The molecule has 2 atom stereocenters. The van der Waals surface area contributed by atoms with Crippen molar-refractivity contribution in [2.45, 2.75) is 25.5 Å². The Hall–Kier alpha value is -2.43. The van der Waals surface area contributed by atoms with Crippen molar-refractivity contribution in [1.82, 2.24) is 19.7 Å². The lowest BCUT2D eigenvalue weighted by Gasteiger charge is -2.33. The minimum Gasteiger partial charge on any atom is -0.491 e. The number of aromatic nitrogens is 3. The molecule has 7 heteroatoms. The van der Waals surface area contributed by atoms with Crippen LogP contribution < -0.4 is 4.74 Å². The van der Waals surface area contributed by atoms with Gasteiger partial charge in [-0.3, -0.25) is 4.68 Å². The fraction of sp³-hybridized carbons (Fsp3) is 0.500. The molecule has 0 saturated carbocycles. The van der Waals surface area contributed by atoms with Gasteiger partial charge in [0.15, 0.2) is 0 Å². The van der Waals surface area contributed by atoms with Gasteiger partial charge in [-0.2, -0.15) is 10.4 Å². The van der Waals surface area contributed by atoms with Crippen molar-refractivity contribution < 1.29 is 9.84 Å². The number of hydrogen-bond donors (Lipinski definition) is 1. The van der Waals surface area contributed by atoms with Crippen molar-refractivity contribution in [3.8, 4) is 11.8 Å². The average molecular weight is 341 g/mol. The number of ether oxygens (including phenoxy) is 1. The third-order valence-electron chi connectivity index (χ3n) is 4.41. The molecule has 1 aliphatic rings. The van der Waals surface area contributed by atoms with Crippen molar-refractivity contribution in [2.24, 2.45) is 5.92 Å². The number of aliphatic hydroxyl groups excluding tert-OH is 1. The van der Waals surface area contributed by atoms with Crippen LogP contribution in [0, 0.1) is 17.2 Å². The first-order valence-electron chi connectivity index (χ1n) is 8.58. The van der Waals surface area contributed by atoms with Gasteiger partial charge in [0.1, 0.15) is 31.1 Å². The van der Waals surface area contributed by atoms with E-state index in [0.717, 1.165) is 26.1 Å². The monoisotopic (exact) mass is 341 g/mol. The number of benzene rings is 1. The number of nitrogens with zero attached hydrogens (tertiary/aromatic N) is 5. The molecule has 1 aromatic heterocycles. The van der Waals surface area contributed by atoms with Gasteiger partial charge in [0.2, 0.25) is 0 Å². The molecule has 0 spiro atoms.